The molecular weight excluding hydrogens is 560 g/mol. The molecule has 4 aromatic carbocycles. The topological polar surface area (TPSA) is 54.5 Å². The number of ketones is 3. The SMILES string of the molecule is Cc1ccc(C(=O)C2C(c3ccc(Cl)cc3Cl)C3(C(=O)c4ccccc4C3=O)C3C=Cc4cc(F)ccc4N23)cc1. The van der Waals surface area contributed by atoms with Crippen molar-refractivity contribution in [2.75, 3.05) is 4.90 Å². The summed E-state index contributed by atoms with van der Waals surface area (Å²) in [6, 6.07) is 21.3. The smallest absolute Gasteiger partial charge is 0.185 e. The molecule has 1 fully saturated rings. The molecule has 7 rings (SSSR count). The predicted molar refractivity (Wildman–Crippen MR) is 158 cm³/mol. The fourth-order valence-electron chi connectivity index (χ4n) is 6.93. The second-order valence-corrected chi connectivity index (χ2v) is 11.6. The molecule has 0 radical (unpaired) electrons. The van der Waals surface area contributed by atoms with E-state index in [-0.39, 0.29) is 22.4 Å². The van der Waals surface area contributed by atoms with Crippen molar-refractivity contribution in [1.82, 2.24) is 0 Å². The first-order valence-electron chi connectivity index (χ1n) is 13.2. The second-order valence-electron chi connectivity index (χ2n) is 10.8. The summed E-state index contributed by atoms with van der Waals surface area (Å²) in [5.74, 6) is -2.40. The van der Waals surface area contributed by atoms with Crippen LogP contribution in [-0.2, 0) is 0 Å². The molecule has 41 heavy (non-hydrogen) atoms. The number of rotatable bonds is 3. The molecule has 3 atom stereocenters. The van der Waals surface area contributed by atoms with Crippen LogP contribution in [0.4, 0.5) is 10.1 Å². The zero-order valence-corrected chi connectivity index (χ0v) is 23.3. The number of anilines is 1. The first-order valence-corrected chi connectivity index (χ1v) is 14.0. The van der Waals surface area contributed by atoms with Crippen LogP contribution >= 0.6 is 23.2 Å². The Morgan fingerprint density at radius 3 is 2.22 bits per heavy atom. The highest BCUT2D eigenvalue weighted by Gasteiger charge is 2.71. The molecule has 3 unspecified atom stereocenters. The van der Waals surface area contributed by atoms with Crippen LogP contribution in [0.15, 0.2) is 91.0 Å². The van der Waals surface area contributed by atoms with E-state index in [9.17, 15) is 18.8 Å². The number of carbonyl (C=O) groups excluding carboxylic acids is 3. The van der Waals surface area contributed by atoms with Gasteiger partial charge in [0.05, 0.1) is 6.04 Å². The highest BCUT2D eigenvalue weighted by molar-refractivity contribution is 6.36. The molecule has 0 N–H and O–H groups in total. The van der Waals surface area contributed by atoms with Crippen LogP contribution in [0.25, 0.3) is 6.08 Å². The van der Waals surface area contributed by atoms with Crippen LogP contribution in [0.3, 0.4) is 0 Å². The molecule has 202 valence electrons. The molecule has 7 heteroatoms. The van der Waals surface area contributed by atoms with Crippen LogP contribution in [0.1, 0.15) is 53.7 Å². The molecular formula is C34H22Cl2FNO3. The zero-order valence-electron chi connectivity index (χ0n) is 21.8. The maximum Gasteiger partial charge on any atom is 0.185 e. The number of nitrogens with zero attached hydrogens (tertiary/aromatic N) is 1. The van der Waals surface area contributed by atoms with Gasteiger partial charge in [-0.1, -0.05) is 95.5 Å². The first-order chi connectivity index (χ1) is 19.7. The molecule has 2 aliphatic heterocycles. The molecule has 0 saturated carbocycles. The molecule has 4 aromatic rings. The largest absolute Gasteiger partial charge is 0.352 e. The van der Waals surface area contributed by atoms with Gasteiger partial charge >= 0.3 is 0 Å². The van der Waals surface area contributed by atoms with E-state index in [1.54, 1.807) is 72.8 Å². The van der Waals surface area contributed by atoms with Gasteiger partial charge < -0.3 is 4.90 Å². The van der Waals surface area contributed by atoms with Gasteiger partial charge in [-0.3, -0.25) is 14.4 Å². The number of aryl methyl sites for hydroxylation is 1. The summed E-state index contributed by atoms with van der Waals surface area (Å²) in [4.78, 5) is 45.8. The summed E-state index contributed by atoms with van der Waals surface area (Å²) in [5, 5.41) is 0.640. The summed E-state index contributed by atoms with van der Waals surface area (Å²) in [6.07, 6.45) is 3.48. The predicted octanol–water partition coefficient (Wildman–Crippen LogP) is 7.76. The lowest BCUT2D eigenvalue weighted by molar-refractivity contribution is 0.0666. The monoisotopic (exact) mass is 581 g/mol. The third-order valence-electron chi connectivity index (χ3n) is 8.67. The van der Waals surface area contributed by atoms with E-state index in [1.807, 2.05) is 24.0 Å². The van der Waals surface area contributed by atoms with Crippen molar-refractivity contribution in [3.05, 3.63) is 140 Å². The molecule has 0 amide bonds. The normalized spacial score (nSPS) is 21.7. The number of Topliss-reactive ketones (excluding diaryl/α,β-unsaturated/α-hetero) is 3. The van der Waals surface area contributed by atoms with Crippen LogP contribution in [-0.4, -0.2) is 29.4 Å². The molecule has 2 heterocycles. The van der Waals surface area contributed by atoms with Gasteiger partial charge in [0, 0.05) is 43.9 Å². The maximum atomic E-state index is 14.6. The van der Waals surface area contributed by atoms with Crippen molar-refractivity contribution < 1.29 is 18.8 Å². The minimum atomic E-state index is -1.70. The van der Waals surface area contributed by atoms with Gasteiger partial charge in [0.25, 0.3) is 0 Å². The second kappa shape index (κ2) is 9.23. The Hall–Kier alpha value is -4.06. The molecule has 0 aromatic heterocycles. The van der Waals surface area contributed by atoms with Crippen LogP contribution in [0.2, 0.25) is 10.0 Å². The van der Waals surface area contributed by atoms with Crippen LogP contribution in [0, 0.1) is 18.2 Å². The van der Waals surface area contributed by atoms with E-state index in [0.717, 1.165) is 5.56 Å². The van der Waals surface area contributed by atoms with Gasteiger partial charge in [-0.05, 0) is 42.8 Å². The Bertz CT molecular complexity index is 1800. The number of halogens is 3. The fraction of sp³-hybridized carbons (Fsp3) is 0.147. The average molecular weight is 582 g/mol. The number of fused-ring (bicyclic) bond motifs is 5. The molecule has 0 bridgehead atoms. The van der Waals surface area contributed by atoms with Gasteiger partial charge in [-0.25, -0.2) is 4.39 Å². The first kappa shape index (κ1) is 25.9. The lowest BCUT2D eigenvalue weighted by atomic mass is 9.64. The summed E-state index contributed by atoms with van der Waals surface area (Å²) >= 11 is 13.1. The van der Waals surface area contributed by atoms with Crippen molar-refractivity contribution in [3.63, 3.8) is 0 Å². The van der Waals surface area contributed by atoms with Crippen molar-refractivity contribution in [1.29, 1.82) is 0 Å². The summed E-state index contributed by atoms with van der Waals surface area (Å²) < 4.78 is 14.4. The van der Waals surface area contributed by atoms with Crippen molar-refractivity contribution in [2.24, 2.45) is 5.41 Å². The van der Waals surface area contributed by atoms with E-state index in [4.69, 9.17) is 23.2 Å². The molecule has 1 saturated heterocycles. The van der Waals surface area contributed by atoms with Gasteiger partial charge in [-0.15, -0.1) is 0 Å². The van der Waals surface area contributed by atoms with Crippen molar-refractivity contribution in [2.45, 2.75) is 24.9 Å². The van der Waals surface area contributed by atoms with Crippen LogP contribution in [0.5, 0.6) is 0 Å². The highest BCUT2D eigenvalue weighted by Crippen LogP contribution is 2.61. The zero-order chi connectivity index (χ0) is 28.6. The number of hydrogen-bond donors (Lipinski definition) is 0. The molecule has 1 spiro atoms. The fourth-order valence-corrected chi connectivity index (χ4v) is 7.46. The molecule has 1 aliphatic carbocycles. The average Bonchev–Trinajstić information content (AvgIpc) is 3.39. The lowest BCUT2D eigenvalue weighted by Crippen LogP contribution is -2.48. The van der Waals surface area contributed by atoms with Crippen LogP contribution < -0.4 is 4.90 Å². The summed E-state index contributed by atoms with van der Waals surface area (Å²) in [7, 11) is 0. The van der Waals surface area contributed by atoms with Gasteiger partial charge in [-0.2, -0.15) is 0 Å². The van der Waals surface area contributed by atoms with Crippen molar-refractivity contribution >= 4 is 52.3 Å². The Morgan fingerprint density at radius 2 is 1.56 bits per heavy atom. The van der Waals surface area contributed by atoms with E-state index in [2.05, 4.69) is 0 Å². The minimum Gasteiger partial charge on any atom is -0.352 e. The number of benzene rings is 4. The third-order valence-corrected chi connectivity index (χ3v) is 9.23. The third kappa shape index (κ3) is 3.55. The van der Waals surface area contributed by atoms with Gasteiger partial charge in [0.2, 0.25) is 0 Å². The summed E-state index contributed by atoms with van der Waals surface area (Å²) in [6.45, 7) is 1.93. The van der Waals surface area contributed by atoms with Gasteiger partial charge in [0.15, 0.2) is 17.3 Å². The summed E-state index contributed by atoms with van der Waals surface area (Å²) in [5.41, 5.74) is 1.93. The number of carbonyl (C=O) groups is 3. The molecule has 4 nitrogen and oxygen atoms in total. The standard InChI is InChI=1S/C34H22Cl2FNO3/c1-18-6-8-19(9-7-18)31(39)30-29(25-13-11-21(35)17-26(25)36)34(32(40)23-4-2-3-5-24(23)33(34)41)28-15-10-20-16-22(37)12-14-27(20)38(28)30/h2-17,28-30H,1H3. The van der Waals surface area contributed by atoms with E-state index < -0.39 is 29.2 Å². The van der Waals surface area contributed by atoms with E-state index >= 15 is 0 Å². The van der Waals surface area contributed by atoms with E-state index in [1.165, 1.54) is 12.1 Å². The molecule has 3 aliphatic rings. The Labute approximate surface area is 246 Å². The lowest BCUT2D eigenvalue weighted by Gasteiger charge is -2.37. The Kier molecular flexibility index (Phi) is 5.83. The number of hydrogen-bond acceptors (Lipinski definition) is 4. The minimum absolute atomic E-state index is 0.253. The quantitative estimate of drug-likeness (QED) is 0.183. The van der Waals surface area contributed by atoms with Crippen molar-refractivity contribution in [3.8, 4) is 0 Å². The van der Waals surface area contributed by atoms with E-state index in [0.29, 0.717) is 38.5 Å². The Morgan fingerprint density at radius 1 is 0.878 bits per heavy atom. The highest BCUT2D eigenvalue weighted by atomic mass is 35.5. The Balaban J connectivity index is 1.56. The van der Waals surface area contributed by atoms with Gasteiger partial charge in [0.1, 0.15) is 17.3 Å². The maximum absolute atomic E-state index is 14.6.